The minimum atomic E-state index is -0.601. The van der Waals surface area contributed by atoms with Gasteiger partial charge in [-0.1, -0.05) is 26.0 Å². The van der Waals surface area contributed by atoms with Gasteiger partial charge in [0.1, 0.15) is 11.7 Å². The van der Waals surface area contributed by atoms with Crippen LogP contribution in [0.15, 0.2) is 30.3 Å². The summed E-state index contributed by atoms with van der Waals surface area (Å²) in [6, 6.07) is 7.43. The predicted molar refractivity (Wildman–Crippen MR) is 106 cm³/mol. The first-order valence-electron chi connectivity index (χ1n) is 9.43. The topological polar surface area (TPSA) is 96.3 Å². The molecule has 1 unspecified atom stereocenters. The van der Waals surface area contributed by atoms with E-state index in [1.165, 1.54) is 0 Å². The molecule has 0 aliphatic carbocycles. The van der Waals surface area contributed by atoms with Crippen LogP contribution in [0.5, 0.6) is 0 Å². The fraction of sp³-hybridized carbons (Fsp3) is 0.400. The molecule has 2 aromatic rings. The average Bonchev–Trinajstić information content (AvgIpc) is 3.15. The maximum Gasteiger partial charge on any atom is 0.329 e. The van der Waals surface area contributed by atoms with Crippen LogP contribution in [0, 0.1) is 5.92 Å². The summed E-state index contributed by atoms with van der Waals surface area (Å²) in [7, 11) is 0. The first-order valence-corrected chi connectivity index (χ1v) is 9.43. The molecule has 1 aromatic heterocycles. The zero-order valence-corrected chi connectivity index (χ0v) is 16.5. The molecular formula is C20H25N5O3. The van der Waals surface area contributed by atoms with E-state index in [1.807, 2.05) is 6.92 Å². The molecule has 2 N–H and O–H groups in total. The molecule has 148 valence electrons. The van der Waals surface area contributed by atoms with Crippen molar-refractivity contribution in [2.45, 2.75) is 46.7 Å². The maximum atomic E-state index is 12.9. The SMILES string of the molecule is CCn1nc(CC(C)C)cc1C(=O)Nc1ccccc1N1C(=O)NC(C)C1=O. The van der Waals surface area contributed by atoms with Crippen molar-refractivity contribution in [1.29, 1.82) is 0 Å². The van der Waals surface area contributed by atoms with Crippen LogP contribution < -0.4 is 15.5 Å². The number of amides is 4. The number of benzene rings is 1. The van der Waals surface area contributed by atoms with Crippen molar-refractivity contribution < 1.29 is 14.4 Å². The first kappa shape index (κ1) is 19.6. The lowest BCUT2D eigenvalue weighted by molar-refractivity contribution is -0.117. The van der Waals surface area contributed by atoms with Gasteiger partial charge in [0.25, 0.3) is 11.8 Å². The van der Waals surface area contributed by atoms with E-state index in [0.717, 1.165) is 17.0 Å². The molecule has 1 saturated heterocycles. The summed E-state index contributed by atoms with van der Waals surface area (Å²) in [6.45, 7) is 8.30. The Morgan fingerprint density at radius 1 is 1.29 bits per heavy atom. The van der Waals surface area contributed by atoms with Crippen LogP contribution in [0.1, 0.15) is 43.9 Å². The Labute approximate surface area is 163 Å². The van der Waals surface area contributed by atoms with Gasteiger partial charge in [0.2, 0.25) is 0 Å². The summed E-state index contributed by atoms with van der Waals surface area (Å²) < 4.78 is 1.66. The monoisotopic (exact) mass is 383 g/mol. The van der Waals surface area contributed by atoms with Crippen molar-refractivity contribution in [3.63, 3.8) is 0 Å². The van der Waals surface area contributed by atoms with E-state index in [1.54, 1.807) is 41.9 Å². The summed E-state index contributed by atoms with van der Waals surface area (Å²) in [6.07, 6.45) is 0.782. The van der Waals surface area contributed by atoms with Gasteiger partial charge in [-0.3, -0.25) is 14.3 Å². The van der Waals surface area contributed by atoms with Crippen LogP contribution in [0.4, 0.5) is 16.2 Å². The Morgan fingerprint density at radius 3 is 2.61 bits per heavy atom. The van der Waals surface area contributed by atoms with Gasteiger partial charge in [0, 0.05) is 6.54 Å². The Kier molecular flexibility index (Phi) is 5.48. The van der Waals surface area contributed by atoms with Gasteiger partial charge in [-0.15, -0.1) is 0 Å². The Morgan fingerprint density at radius 2 is 2.00 bits per heavy atom. The normalized spacial score (nSPS) is 16.6. The fourth-order valence-corrected chi connectivity index (χ4v) is 3.21. The first-order chi connectivity index (χ1) is 13.3. The number of para-hydroxylation sites is 2. The summed E-state index contributed by atoms with van der Waals surface area (Å²) in [4.78, 5) is 38.5. The van der Waals surface area contributed by atoms with Crippen molar-refractivity contribution >= 4 is 29.2 Å². The number of aryl methyl sites for hydroxylation is 1. The van der Waals surface area contributed by atoms with Crippen LogP contribution in [0.2, 0.25) is 0 Å². The highest BCUT2D eigenvalue weighted by Crippen LogP contribution is 2.29. The predicted octanol–water partition coefficient (Wildman–Crippen LogP) is 2.80. The summed E-state index contributed by atoms with van der Waals surface area (Å²) in [5.41, 5.74) is 2.03. The number of hydrogen-bond acceptors (Lipinski definition) is 4. The third-order valence-corrected chi connectivity index (χ3v) is 4.51. The summed E-state index contributed by atoms with van der Waals surface area (Å²) in [5.74, 6) is -0.264. The van der Waals surface area contributed by atoms with E-state index in [-0.39, 0.29) is 11.8 Å². The number of carbonyl (C=O) groups is 3. The molecule has 8 heteroatoms. The number of urea groups is 1. The number of aromatic nitrogens is 2. The third kappa shape index (κ3) is 3.76. The molecular weight excluding hydrogens is 358 g/mol. The van der Waals surface area contributed by atoms with E-state index >= 15 is 0 Å². The number of nitrogens with one attached hydrogen (secondary N) is 2. The Bertz CT molecular complexity index is 918. The van der Waals surface area contributed by atoms with E-state index in [0.29, 0.717) is 29.5 Å². The second kappa shape index (κ2) is 7.84. The van der Waals surface area contributed by atoms with Gasteiger partial charge >= 0.3 is 6.03 Å². The molecule has 8 nitrogen and oxygen atoms in total. The molecule has 4 amide bonds. The van der Waals surface area contributed by atoms with Crippen LogP contribution in [-0.4, -0.2) is 33.7 Å². The summed E-state index contributed by atoms with van der Waals surface area (Å²) >= 11 is 0. The molecule has 28 heavy (non-hydrogen) atoms. The van der Waals surface area contributed by atoms with E-state index < -0.39 is 12.1 Å². The highest BCUT2D eigenvalue weighted by molar-refractivity contribution is 6.23. The number of nitrogens with zero attached hydrogens (tertiary/aromatic N) is 3. The number of imide groups is 1. The van der Waals surface area contributed by atoms with Crippen molar-refractivity contribution in [3.05, 3.63) is 41.7 Å². The van der Waals surface area contributed by atoms with Gasteiger partial charge < -0.3 is 10.6 Å². The van der Waals surface area contributed by atoms with Crippen molar-refractivity contribution in [2.75, 3.05) is 10.2 Å². The highest BCUT2D eigenvalue weighted by atomic mass is 16.2. The lowest BCUT2D eigenvalue weighted by Gasteiger charge is -2.17. The second-order valence-electron chi connectivity index (χ2n) is 7.25. The number of carbonyl (C=O) groups excluding carboxylic acids is 3. The molecule has 2 heterocycles. The molecule has 0 radical (unpaired) electrons. The molecule has 1 aromatic carbocycles. The van der Waals surface area contributed by atoms with Gasteiger partial charge in [0.15, 0.2) is 0 Å². The smallest absolute Gasteiger partial charge is 0.326 e. The number of rotatable bonds is 6. The van der Waals surface area contributed by atoms with Gasteiger partial charge in [-0.05, 0) is 44.4 Å². The van der Waals surface area contributed by atoms with E-state index in [4.69, 9.17) is 0 Å². The van der Waals surface area contributed by atoms with Crippen molar-refractivity contribution in [3.8, 4) is 0 Å². The van der Waals surface area contributed by atoms with E-state index in [9.17, 15) is 14.4 Å². The fourth-order valence-electron chi connectivity index (χ4n) is 3.21. The molecule has 0 saturated carbocycles. The average molecular weight is 383 g/mol. The number of hydrogen-bond donors (Lipinski definition) is 2. The van der Waals surface area contributed by atoms with Crippen LogP contribution in [-0.2, 0) is 17.8 Å². The van der Waals surface area contributed by atoms with Crippen molar-refractivity contribution in [2.24, 2.45) is 5.92 Å². The van der Waals surface area contributed by atoms with E-state index in [2.05, 4.69) is 29.6 Å². The zero-order valence-electron chi connectivity index (χ0n) is 16.5. The molecule has 3 rings (SSSR count). The minimum absolute atomic E-state index is 0.336. The molecule has 1 aliphatic rings. The van der Waals surface area contributed by atoms with Gasteiger partial charge in [0.05, 0.1) is 17.1 Å². The third-order valence-electron chi connectivity index (χ3n) is 4.51. The maximum absolute atomic E-state index is 12.9. The molecule has 0 spiro atoms. The standard InChI is InChI=1S/C20H25N5O3/c1-5-24-17(11-14(23-24)10-12(2)3)18(26)22-15-8-6-7-9-16(15)25-19(27)13(4)21-20(25)28/h6-9,11-13H,5,10H2,1-4H3,(H,21,28)(H,22,26). The molecule has 1 atom stereocenters. The van der Waals surface area contributed by atoms with Crippen LogP contribution in [0.3, 0.4) is 0 Å². The minimum Gasteiger partial charge on any atom is -0.326 e. The second-order valence-corrected chi connectivity index (χ2v) is 7.25. The Balaban J connectivity index is 1.89. The molecule has 1 fully saturated rings. The zero-order chi connectivity index (χ0) is 20.4. The van der Waals surface area contributed by atoms with Gasteiger partial charge in [-0.2, -0.15) is 5.10 Å². The molecule has 0 bridgehead atoms. The largest absolute Gasteiger partial charge is 0.329 e. The lowest BCUT2D eigenvalue weighted by Crippen LogP contribution is -2.32. The lowest BCUT2D eigenvalue weighted by atomic mass is 10.1. The quantitative estimate of drug-likeness (QED) is 0.750. The number of anilines is 2. The summed E-state index contributed by atoms with van der Waals surface area (Å²) in [5, 5.41) is 9.90. The Hall–Kier alpha value is -3.16. The molecule has 1 aliphatic heterocycles. The van der Waals surface area contributed by atoms with Crippen LogP contribution >= 0.6 is 0 Å². The van der Waals surface area contributed by atoms with Crippen LogP contribution in [0.25, 0.3) is 0 Å². The van der Waals surface area contributed by atoms with Crippen molar-refractivity contribution in [1.82, 2.24) is 15.1 Å². The van der Waals surface area contributed by atoms with Gasteiger partial charge in [-0.25, -0.2) is 9.69 Å². The highest BCUT2D eigenvalue weighted by Gasteiger charge is 2.37.